The smallest absolute Gasteiger partial charge is 0.248 e. The van der Waals surface area contributed by atoms with E-state index in [2.05, 4.69) is 5.32 Å². The van der Waals surface area contributed by atoms with Crippen LogP contribution in [0.3, 0.4) is 0 Å². The van der Waals surface area contributed by atoms with Gasteiger partial charge >= 0.3 is 0 Å². The first-order valence-electron chi connectivity index (χ1n) is 5.99. The van der Waals surface area contributed by atoms with Gasteiger partial charge in [0.2, 0.25) is 11.8 Å². The first-order chi connectivity index (χ1) is 8.61. The first-order valence-corrected chi connectivity index (χ1v) is 5.99. The number of hydrogen-bond donors (Lipinski definition) is 2. The second-order valence-corrected chi connectivity index (χ2v) is 4.87. The van der Waals surface area contributed by atoms with Gasteiger partial charge in [0.1, 0.15) is 11.0 Å². The van der Waals surface area contributed by atoms with Gasteiger partial charge in [-0.3, -0.25) is 14.9 Å². The average molecular weight is 242 g/mol. The molecule has 0 spiro atoms. The number of rotatable bonds is 1. The van der Waals surface area contributed by atoms with Crippen molar-refractivity contribution in [2.45, 2.75) is 23.8 Å². The Morgan fingerprint density at radius 3 is 2.56 bits per heavy atom. The molecule has 3 rings (SSSR count). The molecule has 4 nitrogen and oxygen atoms in total. The van der Waals surface area contributed by atoms with Crippen molar-refractivity contribution in [2.75, 3.05) is 0 Å². The topological polar surface area (TPSA) is 72.2 Å². The molecule has 1 aliphatic heterocycles. The molecule has 1 aromatic rings. The highest BCUT2D eigenvalue weighted by Crippen LogP contribution is 2.45. The van der Waals surface area contributed by atoms with Crippen LogP contribution in [0.15, 0.2) is 42.5 Å². The molecule has 0 bridgehead atoms. The molecule has 2 amide bonds. The maximum Gasteiger partial charge on any atom is 0.248 e. The predicted molar refractivity (Wildman–Crippen MR) is 66.6 cm³/mol. The first kappa shape index (κ1) is 11.2. The highest BCUT2D eigenvalue weighted by atomic mass is 16.2. The van der Waals surface area contributed by atoms with E-state index in [1.54, 1.807) is 6.08 Å². The van der Waals surface area contributed by atoms with Crippen LogP contribution in [0.25, 0.3) is 0 Å². The minimum absolute atomic E-state index is 0.322. The van der Waals surface area contributed by atoms with Crippen molar-refractivity contribution in [3.8, 4) is 0 Å². The molecule has 3 N–H and O–H groups in total. The maximum atomic E-state index is 12.3. The lowest BCUT2D eigenvalue weighted by Crippen LogP contribution is -2.61. The number of amides is 2. The lowest BCUT2D eigenvalue weighted by molar-refractivity contribution is -0.126. The molecule has 2 unspecified atom stereocenters. The summed E-state index contributed by atoms with van der Waals surface area (Å²) in [5.41, 5.74) is 4.83. The number of nitrogens with one attached hydrogen (secondary N) is 1. The number of imide groups is 1. The van der Waals surface area contributed by atoms with Crippen LogP contribution in [0.1, 0.15) is 18.4 Å². The van der Waals surface area contributed by atoms with Crippen LogP contribution >= 0.6 is 0 Å². The van der Waals surface area contributed by atoms with Crippen molar-refractivity contribution in [1.29, 1.82) is 0 Å². The van der Waals surface area contributed by atoms with Crippen molar-refractivity contribution >= 4 is 11.8 Å². The van der Waals surface area contributed by atoms with E-state index in [9.17, 15) is 9.59 Å². The van der Waals surface area contributed by atoms with Gasteiger partial charge in [0.25, 0.3) is 0 Å². The highest BCUT2D eigenvalue weighted by molar-refractivity contribution is 6.16. The minimum atomic E-state index is -1.17. The van der Waals surface area contributed by atoms with Crippen LogP contribution in [0.2, 0.25) is 0 Å². The van der Waals surface area contributed by atoms with E-state index in [1.165, 1.54) is 0 Å². The summed E-state index contributed by atoms with van der Waals surface area (Å²) >= 11 is 0. The number of nitrogens with two attached hydrogens (primary N) is 1. The van der Waals surface area contributed by atoms with Crippen LogP contribution in [0, 0.1) is 0 Å². The van der Waals surface area contributed by atoms with E-state index in [-0.39, 0.29) is 11.8 Å². The van der Waals surface area contributed by atoms with E-state index >= 15 is 0 Å². The summed E-state index contributed by atoms with van der Waals surface area (Å²) < 4.78 is 0. The van der Waals surface area contributed by atoms with Gasteiger partial charge < -0.3 is 5.73 Å². The van der Waals surface area contributed by atoms with Crippen LogP contribution in [-0.2, 0) is 15.0 Å². The molecule has 1 aliphatic carbocycles. The number of carbonyl (C=O) groups excluding carboxylic acids is 2. The Labute approximate surface area is 105 Å². The second kappa shape index (κ2) is 3.53. The third-order valence-electron chi connectivity index (χ3n) is 4.00. The summed E-state index contributed by atoms with van der Waals surface area (Å²) in [4.78, 5) is 24.3. The third kappa shape index (κ3) is 1.13. The highest BCUT2D eigenvalue weighted by Gasteiger charge is 2.64. The summed E-state index contributed by atoms with van der Waals surface area (Å²) in [5, 5.41) is 2.38. The van der Waals surface area contributed by atoms with Crippen molar-refractivity contribution in [1.82, 2.24) is 5.32 Å². The Morgan fingerprint density at radius 1 is 1.11 bits per heavy atom. The molecule has 92 valence electrons. The van der Waals surface area contributed by atoms with Crippen LogP contribution < -0.4 is 11.1 Å². The standard InChI is InChI=1S/C14H14N2O2/c15-14-9-5-4-8-13(14,11(17)16-12(14)18)10-6-2-1-3-7-10/h1-4,6-8H,5,9,15H2,(H,16,17,18). The zero-order valence-corrected chi connectivity index (χ0v) is 9.85. The molecular formula is C14H14N2O2. The summed E-state index contributed by atoms with van der Waals surface area (Å²) in [6.07, 6.45) is 4.91. The van der Waals surface area contributed by atoms with Gasteiger partial charge in [0.15, 0.2) is 0 Å². The monoisotopic (exact) mass is 242 g/mol. The fraction of sp³-hybridized carbons (Fsp3) is 0.286. The number of carbonyl (C=O) groups is 2. The largest absolute Gasteiger partial charge is 0.316 e. The summed E-state index contributed by atoms with van der Waals surface area (Å²) in [5.74, 6) is -0.696. The lowest BCUT2D eigenvalue weighted by atomic mass is 9.62. The van der Waals surface area contributed by atoms with Gasteiger partial charge in [-0.25, -0.2) is 0 Å². The summed E-state index contributed by atoms with van der Waals surface area (Å²) in [6.45, 7) is 0. The van der Waals surface area contributed by atoms with Gasteiger partial charge in [-0.15, -0.1) is 0 Å². The summed E-state index contributed by atoms with van der Waals surface area (Å²) in [7, 11) is 0. The molecule has 0 radical (unpaired) electrons. The number of fused-ring (bicyclic) bond motifs is 1. The van der Waals surface area contributed by atoms with E-state index in [4.69, 9.17) is 5.73 Å². The Morgan fingerprint density at radius 2 is 1.83 bits per heavy atom. The van der Waals surface area contributed by atoms with Gasteiger partial charge in [0, 0.05) is 0 Å². The van der Waals surface area contributed by atoms with Crippen LogP contribution in [0.4, 0.5) is 0 Å². The molecule has 4 heteroatoms. The zero-order valence-electron chi connectivity index (χ0n) is 9.85. The fourth-order valence-corrected chi connectivity index (χ4v) is 2.99. The normalized spacial score (nSPS) is 34.3. The van der Waals surface area contributed by atoms with Gasteiger partial charge in [-0.2, -0.15) is 0 Å². The molecule has 1 heterocycles. The Balaban J connectivity index is 2.28. The van der Waals surface area contributed by atoms with Crippen molar-refractivity contribution in [2.24, 2.45) is 5.73 Å². The summed E-state index contributed by atoms with van der Waals surface area (Å²) in [6, 6.07) is 9.26. The van der Waals surface area contributed by atoms with Crippen molar-refractivity contribution in [3.05, 3.63) is 48.0 Å². The zero-order chi connectivity index (χ0) is 12.8. The molecule has 2 aliphatic rings. The van der Waals surface area contributed by atoms with Crippen LogP contribution in [0.5, 0.6) is 0 Å². The Bertz CT molecular complexity index is 552. The van der Waals surface area contributed by atoms with Crippen molar-refractivity contribution < 1.29 is 9.59 Å². The molecule has 1 saturated heterocycles. The number of hydrogen-bond acceptors (Lipinski definition) is 3. The molecule has 0 aromatic heterocycles. The Hall–Kier alpha value is -1.94. The predicted octanol–water partition coefficient (Wildman–Crippen LogP) is 0.628. The molecule has 0 saturated carbocycles. The minimum Gasteiger partial charge on any atom is -0.316 e. The van der Waals surface area contributed by atoms with Crippen molar-refractivity contribution in [3.63, 3.8) is 0 Å². The quantitative estimate of drug-likeness (QED) is 0.560. The molecule has 18 heavy (non-hydrogen) atoms. The fourth-order valence-electron chi connectivity index (χ4n) is 2.99. The third-order valence-corrected chi connectivity index (χ3v) is 4.00. The second-order valence-electron chi connectivity index (χ2n) is 4.87. The Kier molecular flexibility index (Phi) is 2.19. The van der Waals surface area contributed by atoms with E-state index in [0.29, 0.717) is 12.8 Å². The van der Waals surface area contributed by atoms with E-state index < -0.39 is 11.0 Å². The molecule has 2 atom stereocenters. The van der Waals surface area contributed by atoms with Crippen LogP contribution in [-0.4, -0.2) is 17.4 Å². The molecular weight excluding hydrogens is 228 g/mol. The van der Waals surface area contributed by atoms with E-state index in [0.717, 1.165) is 5.56 Å². The van der Waals surface area contributed by atoms with Gasteiger partial charge in [-0.1, -0.05) is 42.5 Å². The SMILES string of the molecule is NC12CCC=CC1(c1ccccc1)C(=O)NC2=O. The lowest BCUT2D eigenvalue weighted by Gasteiger charge is -2.39. The molecule has 1 fully saturated rings. The maximum absolute atomic E-state index is 12.3. The number of allylic oxidation sites excluding steroid dienone is 1. The molecule has 1 aromatic carbocycles. The number of benzene rings is 1. The van der Waals surface area contributed by atoms with Gasteiger partial charge in [-0.05, 0) is 18.4 Å². The van der Waals surface area contributed by atoms with E-state index in [1.807, 2.05) is 36.4 Å². The van der Waals surface area contributed by atoms with Gasteiger partial charge in [0.05, 0.1) is 0 Å². The average Bonchev–Trinajstić information content (AvgIpc) is 2.59.